The lowest BCUT2D eigenvalue weighted by Gasteiger charge is -2.23. The lowest BCUT2D eigenvalue weighted by Crippen LogP contribution is -2.22. The maximum absolute atomic E-state index is 4.00. The van der Waals surface area contributed by atoms with E-state index < -0.39 is 0 Å². The van der Waals surface area contributed by atoms with Crippen LogP contribution in [0.2, 0.25) is 0 Å². The monoisotopic (exact) mass is 243 g/mol. The molecule has 0 spiro atoms. The molecule has 1 aromatic heterocycles. The minimum atomic E-state index is 0.610. The molecule has 5 nitrogen and oxygen atoms in total. The number of hydrogen-bond acceptors (Lipinski definition) is 4. The Morgan fingerprint density at radius 3 is 2.83 bits per heavy atom. The Bertz CT molecular complexity index is 488. The first-order valence-electron chi connectivity index (χ1n) is 6.52. The number of aromatic amines is 1. The summed E-state index contributed by atoms with van der Waals surface area (Å²) in [5, 5.41) is 17.7. The van der Waals surface area contributed by atoms with Crippen LogP contribution < -0.4 is 5.32 Å². The van der Waals surface area contributed by atoms with Crippen LogP contribution in [-0.4, -0.2) is 26.7 Å². The Kier molecular flexibility index (Phi) is 3.21. The predicted molar refractivity (Wildman–Crippen MR) is 70.1 cm³/mol. The number of rotatable bonds is 3. The molecule has 0 radical (unpaired) electrons. The Morgan fingerprint density at radius 2 is 2.06 bits per heavy atom. The first-order valence-corrected chi connectivity index (χ1v) is 6.52. The van der Waals surface area contributed by atoms with Crippen LogP contribution in [0.5, 0.6) is 0 Å². The van der Waals surface area contributed by atoms with Gasteiger partial charge in [0, 0.05) is 17.3 Å². The quantitative estimate of drug-likeness (QED) is 0.869. The number of nitrogens with one attached hydrogen (secondary N) is 2. The Balaban J connectivity index is 1.74. The standard InChI is InChI=1S/C13H17N5/c1-2-6-11(7-3-1)14-12-8-4-5-10(9-12)13-15-17-18-16-13/h4-5,8-9,11,14H,1-3,6-7H2,(H,15,16,17,18). The maximum atomic E-state index is 4.00. The van der Waals surface area contributed by atoms with Gasteiger partial charge >= 0.3 is 0 Å². The van der Waals surface area contributed by atoms with E-state index in [2.05, 4.69) is 38.1 Å². The number of hydrogen-bond donors (Lipinski definition) is 2. The van der Waals surface area contributed by atoms with Crippen molar-refractivity contribution in [3.63, 3.8) is 0 Å². The molecule has 3 rings (SSSR count). The molecule has 0 atom stereocenters. The zero-order valence-electron chi connectivity index (χ0n) is 10.3. The van der Waals surface area contributed by atoms with Crippen LogP contribution in [0.1, 0.15) is 32.1 Å². The largest absolute Gasteiger partial charge is 0.382 e. The summed E-state index contributed by atoms with van der Waals surface area (Å²) < 4.78 is 0. The summed E-state index contributed by atoms with van der Waals surface area (Å²) >= 11 is 0. The molecule has 1 fully saturated rings. The molecular weight excluding hydrogens is 226 g/mol. The van der Waals surface area contributed by atoms with E-state index in [9.17, 15) is 0 Å². The summed E-state index contributed by atoms with van der Waals surface area (Å²) in [7, 11) is 0. The van der Waals surface area contributed by atoms with Gasteiger partial charge in [0.15, 0.2) is 0 Å². The number of aromatic nitrogens is 4. The minimum Gasteiger partial charge on any atom is -0.382 e. The summed E-state index contributed by atoms with van der Waals surface area (Å²) in [5.41, 5.74) is 2.13. The summed E-state index contributed by atoms with van der Waals surface area (Å²) in [6, 6.07) is 8.81. The SMILES string of the molecule is c1cc(NC2CCCCC2)cc(-c2nn[nH]n2)c1. The first-order chi connectivity index (χ1) is 8.92. The molecule has 0 aliphatic heterocycles. The van der Waals surface area contributed by atoms with Gasteiger partial charge in [0.2, 0.25) is 5.82 Å². The van der Waals surface area contributed by atoms with Gasteiger partial charge in [0.1, 0.15) is 0 Å². The molecule has 1 aliphatic carbocycles. The van der Waals surface area contributed by atoms with Crippen LogP contribution in [-0.2, 0) is 0 Å². The van der Waals surface area contributed by atoms with Crippen molar-refractivity contribution >= 4 is 5.69 Å². The highest BCUT2D eigenvalue weighted by molar-refractivity contribution is 5.61. The molecule has 0 bridgehead atoms. The molecule has 1 aliphatic rings. The second kappa shape index (κ2) is 5.16. The number of nitrogens with zero attached hydrogens (tertiary/aromatic N) is 3. The van der Waals surface area contributed by atoms with E-state index in [1.165, 1.54) is 32.1 Å². The lowest BCUT2D eigenvalue weighted by molar-refractivity contribution is 0.463. The van der Waals surface area contributed by atoms with Crippen LogP contribution in [0, 0.1) is 0 Å². The molecule has 2 aromatic rings. The van der Waals surface area contributed by atoms with Crippen molar-refractivity contribution in [3.05, 3.63) is 24.3 Å². The fourth-order valence-electron chi connectivity index (χ4n) is 2.51. The fourth-order valence-corrected chi connectivity index (χ4v) is 2.51. The van der Waals surface area contributed by atoms with Crippen molar-refractivity contribution in [1.29, 1.82) is 0 Å². The van der Waals surface area contributed by atoms with E-state index in [1.54, 1.807) is 0 Å². The highest BCUT2D eigenvalue weighted by Gasteiger charge is 2.13. The van der Waals surface area contributed by atoms with Gasteiger partial charge in [-0.05, 0) is 30.2 Å². The van der Waals surface area contributed by atoms with Gasteiger partial charge in [-0.1, -0.05) is 31.4 Å². The fraction of sp³-hybridized carbons (Fsp3) is 0.462. The first kappa shape index (κ1) is 11.2. The summed E-state index contributed by atoms with van der Waals surface area (Å²) in [5.74, 6) is 0.641. The topological polar surface area (TPSA) is 66.5 Å². The van der Waals surface area contributed by atoms with E-state index in [1.807, 2.05) is 12.1 Å². The third kappa shape index (κ3) is 2.50. The smallest absolute Gasteiger partial charge is 0.204 e. The zero-order chi connectivity index (χ0) is 12.2. The van der Waals surface area contributed by atoms with E-state index in [0.29, 0.717) is 11.9 Å². The number of anilines is 1. The highest BCUT2D eigenvalue weighted by atomic mass is 15.5. The molecule has 1 aromatic carbocycles. The van der Waals surface area contributed by atoms with Crippen molar-refractivity contribution in [2.45, 2.75) is 38.1 Å². The predicted octanol–water partition coefficient (Wildman–Crippen LogP) is 2.61. The van der Waals surface area contributed by atoms with Gasteiger partial charge in [0.25, 0.3) is 0 Å². The molecule has 18 heavy (non-hydrogen) atoms. The minimum absolute atomic E-state index is 0.610. The molecule has 94 valence electrons. The summed E-state index contributed by atoms with van der Waals surface area (Å²) in [4.78, 5) is 0. The Morgan fingerprint density at radius 1 is 1.17 bits per heavy atom. The summed E-state index contributed by atoms with van der Waals surface area (Å²) in [6.07, 6.45) is 6.59. The average Bonchev–Trinajstić information content (AvgIpc) is 2.94. The van der Waals surface area contributed by atoms with Crippen LogP contribution in [0.15, 0.2) is 24.3 Å². The number of tetrazole rings is 1. The molecule has 0 amide bonds. The molecule has 2 N–H and O–H groups in total. The van der Waals surface area contributed by atoms with E-state index >= 15 is 0 Å². The van der Waals surface area contributed by atoms with Gasteiger partial charge in [0.05, 0.1) is 0 Å². The average molecular weight is 243 g/mol. The Hall–Kier alpha value is -1.91. The molecule has 0 saturated heterocycles. The molecule has 1 heterocycles. The lowest BCUT2D eigenvalue weighted by atomic mass is 9.95. The third-order valence-electron chi connectivity index (χ3n) is 3.44. The normalized spacial score (nSPS) is 16.7. The highest BCUT2D eigenvalue weighted by Crippen LogP contribution is 2.24. The van der Waals surface area contributed by atoms with Gasteiger partial charge in [-0.3, -0.25) is 0 Å². The van der Waals surface area contributed by atoms with Crippen molar-refractivity contribution in [2.75, 3.05) is 5.32 Å². The van der Waals surface area contributed by atoms with Gasteiger partial charge < -0.3 is 5.32 Å². The zero-order valence-corrected chi connectivity index (χ0v) is 10.3. The van der Waals surface area contributed by atoms with E-state index in [0.717, 1.165) is 11.3 Å². The van der Waals surface area contributed by atoms with Gasteiger partial charge in [-0.25, -0.2) is 0 Å². The van der Waals surface area contributed by atoms with Crippen molar-refractivity contribution in [2.24, 2.45) is 0 Å². The van der Waals surface area contributed by atoms with Gasteiger partial charge in [-0.15, -0.1) is 10.2 Å². The van der Waals surface area contributed by atoms with Crippen LogP contribution in [0.25, 0.3) is 11.4 Å². The Labute approximate surface area is 106 Å². The number of benzene rings is 1. The third-order valence-corrected chi connectivity index (χ3v) is 3.44. The molecule has 1 saturated carbocycles. The number of H-pyrrole nitrogens is 1. The van der Waals surface area contributed by atoms with E-state index in [4.69, 9.17) is 0 Å². The van der Waals surface area contributed by atoms with Gasteiger partial charge in [-0.2, -0.15) is 5.21 Å². The van der Waals surface area contributed by atoms with E-state index in [-0.39, 0.29) is 0 Å². The summed E-state index contributed by atoms with van der Waals surface area (Å²) in [6.45, 7) is 0. The molecule has 5 heteroatoms. The van der Waals surface area contributed by atoms with Crippen molar-refractivity contribution in [3.8, 4) is 11.4 Å². The second-order valence-corrected chi connectivity index (χ2v) is 4.80. The molecule has 0 unspecified atom stereocenters. The maximum Gasteiger partial charge on any atom is 0.204 e. The van der Waals surface area contributed by atoms with Crippen LogP contribution in [0.3, 0.4) is 0 Å². The van der Waals surface area contributed by atoms with Crippen molar-refractivity contribution in [1.82, 2.24) is 20.6 Å². The molecular formula is C13H17N5. The van der Waals surface area contributed by atoms with Crippen LogP contribution >= 0.6 is 0 Å². The van der Waals surface area contributed by atoms with Crippen LogP contribution in [0.4, 0.5) is 5.69 Å². The van der Waals surface area contributed by atoms with Crippen molar-refractivity contribution < 1.29 is 0 Å². The second-order valence-electron chi connectivity index (χ2n) is 4.80.